The molecule has 1 N–H and O–H groups in total. The molecule has 0 aliphatic rings. The van der Waals surface area contributed by atoms with Crippen molar-refractivity contribution < 1.29 is 22.4 Å². The normalized spacial score (nSPS) is 11.4. The van der Waals surface area contributed by atoms with E-state index in [0.717, 1.165) is 28.1 Å². The Morgan fingerprint density at radius 2 is 1.71 bits per heavy atom. The van der Waals surface area contributed by atoms with Crippen molar-refractivity contribution >= 4 is 15.8 Å². The van der Waals surface area contributed by atoms with E-state index in [1.54, 1.807) is 26.0 Å². The number of nitrogens with zero attached hydrogens (tertiary/aromatic N) is 2. The summed E-state index contributed by atoms with van der Waals surface area (Å²) in [4.78, 5) is 4.64. The number of pyridine rings is 1. The molecule has 8 nitrogen and oxygen atoms in total. The molecular weight excluding hydrogens is 502 g/mol. The summed E-state index contributed by atoms with van der Waals surface area (Å²) in [6, 6.07) is 14.8. The van der Waals surface area contributed by atoms with Crippen molar-refractivity contribution in [1.82, 2.24) is 10.1 Å². The molecule has 2 aromatic heterocycles. The van der Waals surface area contributed by atoms with Gasteiger partial charge in [0.2, 0.25) is 0 Å². The zero-order valence-electron chi connectivity index (χ0n) is 22.6. The van der Waals surface area contributed by atoms with Gasteiger partial charge < -0.3 is 14.0 Å². The summed E-state index contributed by atoms with van der Waals surface area (Å²) >= 11 is 0. The standard InChI is InChI=1S/C29H33N3O5S/c1-7-23-16-22(17-36-26-15-18(3)30-20(5)28(26)35-8-2)13-14-24(23)25-11-9-10-12-27(25)38(33,34)32-29-19(4)21(6)37-31-29/h9-16H,7-8,17H2,1-6H3,(H,31,32). The van der Waals surface area contributed by atoms with Crippen LogP contribution in [0.2, 0.25) is 0 Å². The van der Waals surface area contributed by atoms with Crippen LogP contribution in [0.3, 0.4) is 0 Å². The minimum absolute atomic E-state index is 0.169. The van der Waals surface area contributed by atoms with E-state index in [-0.39, 0.29) is 10.7 Å². The van der Waals surface area contributed by atoms with Gasteiger partial charge >= 0.3 is 0 Å². The van der Waals surface area contributed by atoms with E-state index in [9.17, 15) is 8.42 Å². The van der Waals surface area contributed by atoms with Crippen LogP contribution in [0, 0.1) is 27.7 Å². The Balaban J connectivity index is 1.64. The second-order valence-electron chi connectivity index (χ2n) is 9.06. The molecule has 4 rings (SSSR count). The Morgan fingerprint density at radius 1 is 0.947 bits per heavy atom. The fraction of sp³-hybridized carbons (Fsp3) is 0.310. The Kier molecular flexibility index (Phi) is 8.06. The van der Waals surface area contributed by atoms with Crippen LogP contribution < -0.4 is 14.2 Å². The minimum Gasteiger partial charge on any atom is -0.488 e. The molecule has 2 aromatic carbocycles. The van der Waals surface area contributed by atoms with Crippen molar-refractivity contribution in [2.45, 2.75) is 59.5 Å². The van der Waals surface area contributed by atoms with Crippen LogP contribution in [0.15, 0.2) is 57.9 Å². The van der Waals surface area contributed by atoms with Gasteiger partial charge in [0.1, 0.15) is 12.4 Å². The van der Waals surface area contributed by atoms with Crippen molar-refractivity contribution in [1.29, 1.82) is 0 Å². The summed E-state index contributed by atoms with van der Waals surface area (Å²) in [5.41, 5.74) is 5.72. The van der Waals surface area contributed by atoms with Gasteiger partial charge in [0.25, 0.3) is 10.0 Å². The lowest BCUT2D eigenvalue weighted by Crippen LogP contribution is -2.15. The highest BCUT2D eigenvalue weighted by atomic mass is 32.2. The van der Waals surface area contributed by atoms with Crippen LogP contribution >= 0.6 is 0 Å². The van der Waals surface area contributed by atoms with Gasteiger partial charge in [-0.15, -0.1) is 0 Å². The third kappa shape index (κ3) is 5.67. The topological polar surface area (TPSA) is 104 Å². The van der Waals surface area contributed by atoms with Gasteiger partial charge in [-0.2, -0.15) is 0 Å². The lowest BCUT2D eigenvalue weighted by atomic mass is 9.96. The largest absolute Gasteiger partial charge is 0.488 e. The fourth-order valence-electron chi connectivity index (χ4n) is 4.28. The Hall–Kier alpha value is -3.85. The lowest BCUT2D eigenvalue weighted by molar-refractivity contribution is 0.266. The van der Waals surface area contributed by atoms with E-state index < -0.39 is 10.0 Å². The molecule has 9 heteroatoms. The van der Waals surface area contributed by atoms with Crippen LogP contribution in [0.1, 0.15) is 47.7 Å². The minimum atomic E-state index is -3.92. The SMILES string of the molecule is CCOc1c(OCc2ccc(-c3ccccc3S(=O)(=O)Nc3noc(C)c3C)c(CC)c2)cc(C)nc1C. The number of sulfonamides is 1. The van der Waals surface area contributed by atoms with Crippen molar-refractivity contribution in [2.24, 2.45) is 0 Å². The molecule has 0 amide bonds. The number of benzene rings is 2. The third-order valence-corrected chi connectivity index (χ3v) is 7.72. The fourth-order valence-corrected chi connectivity index (χ4v) is 5.56. The molecule has 0 unspecified atom stereocenters. The van der Waals surface area contributed by atoms with Gasteiger partial charge in [0, 0.05) is 22.9 Å². The number of anilines is 1. The Labute approximate surface area is 224 Å². The van der Waals surface area contributed by atoms with Crippen LogP contribution in [-0.2, 0) is 23.1 Å². The molecule has 0 saturated carbocycles. The number of rotatable bonds is 10. The quantitative estimate of drug-likeness (QED) is 0.254. The van der Waals surface area contributed by atoms with Crippen LogP contribution in [0.4, 0.5) is 5.82 Å². The number of hydrogen-bond acceptors (Lipinski definition) is 7. The molecule has 38 heavy (non-hydrogen) atoms. The molecule has 0 radical (unpaired) electrons. The second kappa shape index (κ2) is 11.3. The molecule has 0 saturated heterocycles. The van der Waals surface area contributed by atoms with Gasteiger partial charge in [0.05, 0.1) is 17.2 Å². The summed E-state index contributed by atoms with van der Waals surface area (Å²) in [5, 5.41) is 3.86. The van der Waals surface area contributed by atoms with E-state index in [0.29, 0.717) is 48.0 Å². The van der Waals surface area contributed by atoms with Gasteiger partial charge in [-0.1, -0.05) is 48.5 Å². The Bertz CT molecular complexity index is 1560. The summed E-state index contributed by atoms with van der Waals surface area (Å²) in [7, 11) is -3.92. The van der Waals surface area contributed by atoms with E-state index in [1.807, 2.05) is 58.0 Å². The highest BCUT2D eigenvalue weighted by Gasteiger charge is 2.23. The number of aryl methyl sites for hydroxylation is 4. The smallest absolute Gasteiger partial charge is 0.263 e. The molecule has 2 heterocycles. The Morgan fingerprint density at radius 3 is 2.39 bits per heavy atom. The molecule has 0 atom stereocenters. The van der Waals surface area contributed by atoms with Crippen molar-refractivity contribution in [2.75, 3.05) is 11.3 Å². The van der Waals surface area contributed by atoms with E-state index in [1.165, 1.54) is 0 Å². The first kappa shape index (κ1) is 27.2. The summed E-state index contributed by atoms with van der Waals surface area (Å²) < 4.78 is 46.4. The molecule has 200 valence electrons. The third-order valence-electron chi connectivity index (χ3n) is 6.32. The molecule has 0 spiro atoms. The molecule has 0 aliphatic heterocycles. The summed E-state index contributed by atoms with van der Waals surface area (Å²) in [6.07, 6.45) is 0.713. The zero-order valence-corrected chi connectivity index (χ0v) is 23.4. The first-order valence-corrected chi connectivity index (χ1v) is 14.0. The number of hydrogen-bond donors (Lipinski definition) is 1. The summed E-state index contributed by atoms with van der Waals surface area (Å²) in [6.45, 7) is 12.1. The van der Waals surface area contributed by atoms with E-state index >= 15 is 0 Å². The van der Waals surface area contributed by atoms with Crippen molar-refractivity contribution in [3.8, 4) is 22.6 Å². The highest BCUT2D eigenvalue weighted by molar-refractivity contribution is 7.92. The van der Waals surface area contributed by atoms with Gasteiger partial charge in [-0.3, -0.25) is 9.71 Å². The number of nitrogens with one attached hydrogen (secondary N) is 1. The van der Waals surface area contributed by atoms with Crippen LogP contribution in [0.25, 0.3) is 11.1 Å². The first-order valence-electron chi connectivity index (χ1n) is 12.5. The maximum absolute atomic E-state index is 13.4. The van der Waals surface area contributed by atoms with Gasteiger partial charge in [-0.25, -0.2) is 8.42 Å². The molecule has 0 aliphatic carbocycles. The van der Waals surface area contributed by atoms with Gasteiger partial charge in [-0.05, 0) is 63.8 Å². The molecule has 4 aromatic rings. The van der Waals surface area contributed by atoms with E-state index in [2.05, 4.69) is 20.9 Å². The van der Waals surface area contributed by atoms with Gasteiger partial charge in [0.15, 0.2) is 17.3 Å². The summed E-state index contributed by atoms with van der Waals surface area (Å²) in [5.74, 6) is 2.05. The number of ether oxygens (including phenoxy) is 2. The monoisotopic (exact) mass is 535 g/mol. The average molecular weight is 536 g/mol. The predicted molar refractivity (Wildman–Crippen MR) is 147 cm³/mol. The first-order chi connectivity index (χ1) is 18.1. The maximum Gasteiger partial charge on any atom is 0.263 e. The molecule has 0 bridgehead atoms. The molecular formula is C29H33N3O5S. The van der Waals surface area contributed by atoms with Crippen LogP contribution in [-0.4, -0.2) is 25.2 Å². The lowest BCUT2D eigenvalue weighted by Gasteiger charge is -2.17. The number of aromatic nitrogens is 2. The maximum atomic E-state index is 13.4. The molecule has 0 fully saturated rings. The van der Waals surface area contributed by atoms with Crippen molar-refractivity contribution in [3.05, 3.63) is 82.4 Å². The van der Waals surface area contributed by atoms with Crippen LogP contribution in [0.5, 0.6) is 11.5 Å². The highest BCUT2D eigenvalue weighted by Crippen LogP contribution is 2.34. The average Bonchev–Trinajstić information content (AvgIpc) is 3.20. The predicted octanol–water partition coefficient (Wildman–Crippen LogP) is 6.31. The zero-order chi connectivity index (χ0) is 27.4. The van der Waals surface area contributed by atoms with Crippen molar-refractivity contribution in [3.63, 3.8) is 0 Å². The second-order valence-corrected chi connectivity index (χ2v) is 10.7. The van der Waals surface area contributed by atoms with E-state index in [4.69, 9.17) is 14.0 Å².